The van der Waals surface area contributed by atoms with E-state index in [-0.39, 0.29) is 24.0 Å². The third-order valence-corrected chi connectivity index (χ3v) is 6.25. The molecule has 6 nitrogen and oxygen atoms in total. The molecule has 30 heavy (non-hydrogen) atoms. The molecule has 0 spiro atoms. The van der Waals surface area contributed by atoms with Gasteiger partial charge in [0.25, 0.3) is 0 Å². The van der Waals surface area contributed by atoms with Crippen LogP contribution in [0.1, 0.15) is 29.5 Å². The van der Waals surface area contributed by atoms with Gasteiger partial charge in [-0.15, -0.1) is 24.0 Å². The van der Waals surface area contributed by atoms with Gasteiger partial charge in [-0.2, -0.15) is 0 Å². The number of rotatable bonds is 7. The molecule has 2 aromatic carbocycles. The second-order valence-electron chi connectivity index (χ2n) is 7.50. The summed E-state index contributed by atoms with van der Waals surface area (Å²) >= 11 is 0. The van der Waals surface area contributed by atoms with Gasteiger partial charge in [-0.25, -0.2) is 8.42 Å². The first-order valence-electron chi connectivity index (χ1n) is 9.98. The molecule has 0 amide bonds. The molecule has 0 saturated carbocycles. The van der Waals surface area contributed by atoms with Crippen LogP contribution in [-0.2, 0) is 29.5 Å². The third-order valence-electron chi connectivity index (χ3n) is 5.12. The summed E-state index contributed by atoms with van der Waals surface area (Å²) in [6, 6.07) is 15.6. The maximum atomic E-state index is 11.5. The van der Waals surface area contributed by atoms with E-state index >= 15 is 0 Å². The Morgan fingerprint density at radius 3 is 1.83 bits per heavy atom. The highest BCUT2D eigenvalue weighted by atomic mass is 127. The summed E-state index contributed by atoms with van der Waals surface area (Å²) in [5.41, 5.74) is 3.55. The van der Waals surface area contributed by atoms with Gasteiger partial charge in [0.05, 0.1) is 4.90 Å². The Balaban J connectivity index is 0.00000320. The highest BCUT2D eigenvalue weighted by Gasteiger charge is 2.11. The minimum atomic E-state index is -3.16. The first kappa shape index (κ1) is 24.6. The Morgan fingerprint density at radius 2 is 1.37 bits per heavy atom. The van der Waals surface area contributed by atoms with Crippen LogP contribution in [0.2, 0.25) is 0 Å². The molecule has 1 fully saturated rings. The number of likely N-dealkylation sites (tertiary alicyclic amines) is 1. The van der Waals surface area contributed by atoms with E-state index in [1.807, 2.05) is 12.1 Å². The molecule has 1 heterocycles. The number of sulfone groups is 1. The van der Waals surface area contributed by atoms with Crippen LogP contribution in [-0.4, -0.2) is 45.7 Å². The Labute approximate surface area is 197 Å². The van der Waals surface area contributed by atoms with Crippen LogP contribution in [0.3, 0.4) is 0 Å². The predicted octanol–water partition coefficient (Wildman–Crippen LogP) is 3.17. The minimum Gasteiger partial charge on any atom is -0.352 e. The SMILES string of the molecule is CN=C(NCc1ccc(CN2CCCC2)cc1)NCc1ccc(S(C)(=O)=O)cc1.I. The molecule has 0 bridgehead atoms. The predicted molar refractivity (Wildman–Crippen MR) is 133 cm³/mol. The van der Waals surface area contributed by atoms with Gasteiger partial charge in [-0.3, -0.25) is 9.89 Å². The van der Waals surface area contributed by atoms with E-state index in [0.29, 0.717) is 23.9 Å². The summed E-state index contributed by atoms with van der Waals surface area (Å²) in [5.74, 6) is 0.707. The molecule has 3 rings (SSSR count). The van der Waals surface area contributed by atoms with Crippen molar-refractivity contribution in [3.05, 3.63) is 65.2 Å². The lowest BCUT2D eigenvalue weighted by Gasteiger charge is -2.15. The highest BCUT2D eigenvalue weighted by Crippen LogP contribution is 2.13. The molecular formula is C22H31IN4O2S. The van der Waals surface area contributed by atoms with Crippen molar-refractivity contribution in [2.45, 2.75) is 37.4 Å². The number of guanidine groups is 1. The zero-order chi connectivity index (χ0) is 20.7. The lowest BCUT2D eigenvalue weighted by molar-refractivity contribution is 0.331. The van der Waals surface area contributed by atoms with Gasteiger partial charge in [0.2, 0.25) is 0 Å². The average molecular weight is 542 g/mol. The van der Waals surface area contributed by atoms with E-state index in [2.05, 4.69) is 44.8 Å². The summed E-state index contributed by atoms with van der Waals surface area (Å²) in [5, 5.41) is 6.57. The highest BCUT2D eigenvalue weighted by molar-refractivity contribution is 14.0. The van der Waals surface area contributed by atoms with Crippen molar-refractivity contribution in [3.8, 4) is 0 Å². The van der Waals surface area contributed by atoms with Crippen molar-refractivity contribution >= 4 is 39.8 Å². The maximum absolute atomic E-state index is 11.5. The molecule has 8 heteroatoms. The Kier molecular flexibility index (Phi) is 9.57. The Hall–Kier alpha value is -1.65. The molecule has 0 aromatic heterocycles. The summed E-state index contributed by atoms with van der Waals surface area (Å²) in [7, 11) is -1.43. The van der Waals surface area contributed by atoms with E-state index in [1.165, 1.54) is 43.3 Å². The van der Waals surface area contributed by atoms with E-state index in [9.17, 15) is 8.42 Å². The molecule has 0 radical (unpaired) electrons. The van der Waals surface area contributed by atoms with Crippen LogP contribution < -0.4 is 10.6 Å². The van der Waals surface area contributed by atoms with E-state index in [1.54, 1.807) is 19.2 Å². The molecule has 1 saturated heterocycles. The molecular weight excluding hydrogens is 511 g/mol. The Morgan fingerprint density at radius 1 is 0.900 bits per heavy atom. The van der Waals surface area contributed by atoms with Gasteiger partial charge in [0.15, 0.2) is 15.8 Å². The zero-order valence-corrected chi connectivity index (χ0v) is 20.7. The van der Waals surface area contributed by atoms with Gasteiger partial charge in [0, 0.05) is 32.9 Å². The summed E-state index contributed by atoms with van der Waals surface area (Å²) in [6.45, 7) is 4.72. The monoisotopic (exact) mass is 542 g/mol. The van der Waals surface area contributed by atoms with Gasteiger partial charge in [-0.1, -0.05) is 36.4 Å². The molecule has 2 N–H and O–H groups in total. The summed E-state index contributed by atoms with van der Waals surface area (Å²) in [6.07, 6.45) is 3.84. The second-order valence-corrected chi connectivity index (χ2v) is 9.51. The van der Waals surface area contributed by atoms with Crippen molar-refractivity contribution in [3.63, 3.8) is 0 Å². The van der Waals surface area contributed by atoms with E-state index < -0.39 is 9.84 Å². The Bertz CT molecular complexity index is 923. The van der Waals surface area contributed by atoms with Crippen molar-refractivity contribution < 1.29 is 8.42 Å². The van der Waals surface area contributed by atoms with Crippen molar-refractivity contribution in [1.82, 2.24) is 15.5 Å². The van der Waals surface area contributed by atoms with Gasteiger partial charge in [0.1, 0.15) is 0 Å². The van der Waals surface area contributed by atoms with Gasteiger partial charge >= 0.3 is 0 Å². The average Bonchev–Trinajstić information content (AvgIpc) is 3.22. The maximum Gasteiger partial charge on any atom is 0.191 e. The quantitative estimate of drug-likeness (QED) is 0.320. The molecule has 0 atom stereocenters. The van der Waals surface area contributed by atoms with Crippen LogP contribution in [0.4, 0.5) is 0 Å². The number of benzene rings is 2. The molecule has 0 aliphatic carbocycles. The summed E-state index contributed by atoms with van der Waals surface area (Å²) in [4.78, 5) is 7.08. The fourth-order valence-corrected chi connectivity index (χ4v) is 4.04. The largest absolute Gasteiger partial charge is 0.352 e. The second kappa shape index (κ2) is 11.7. The van der Waals surface area contributed by atoms with Crippen LogP contribution in [0.15, 0.2) is 58.4 Å². The summed E-state index contributed by atoms with van der Waals surface area (Å²) < 4.78 is 23.1. The fourth-order valence-electron chi connectivity index (χ4n) is 3.41. The zero-order valence-electron chi connectivity index (χ0n) is 17.6. The van der Waals surface area contributed by atoms with Crippen molar-refractivity contribution in [1.29, 1.82) is 0 Å². The minimum absolute atomic E-state index is 0. The molecule has 164 valence electrons. The number of hydrogen-bond donors (Lipinski definition) is 2. The van der Waals surface area contributed by atoms with E-state index in [4.69, 9.17) is 0 Å². The topological polar surface area (TPSA) is 73.8 Å². The number of hydrogen-bond acceptors (Lipinski definition) is 4. The molecule has 1 aliphatic rings. The number of aliphatic imine (C=N–C) groups is 1. The lowest BCUT2D eigenvalue weighted by Crippen LogP contribution is -2.36. The lowest BCUT2D eigenvalue weighted by atomic mass is 10.1. The van der Waals surface area contributed by atoms with Crippen LogP contribution in [0.5, 0.6) is 0 Å². The normalized spacial score (nSPS) is 14.9. The van der Waals surface area contributed by atoms with Crippen LogP contribution in [0.25, 0.3) is 0 Å². The molecule has 0 unspecified atom stereocenters. The first-order valence-corrected chi connectivity index (χ1v) is 11.9. The number of halogens is 1. The smallest absolute Gasteiger partial charge is 0.191 e. The number of nitrogens with one attached hydrogen (secondary N) is 2. The third kappa shape index (κ3) is 7.55. The van der Waals surface area contributed by atoms with Gasteiger partial charge < -0.3 is 10.6 Å². The van der Waals surface area contributed by atoms with Gasteiger partial charge in [-0.05, 0) is 54.8 Å². The molecule has 1 aliphatic heterocycles. The van der Waals surface area contributed by atoms with Crippen LogP contribution in [0, 0.1) is 0 Å². The first-order chi connectivity index (χ1) is 13.9. The van der Waals surface area contributed by atoms with Crippen LogP contribution >= 0.6 is 24.0 Å². The van der Waals surface area contributed by atoms with E-state index in [0.717, 1.165) is 12.1 Å². The fraction of sp³-hybridized carbons (Fsp3) is 0.409. The number of nitrogens with zero attached hydrogens (tertiary/aromatic N) is 2. The standard InChI is InChI=1S/C22H30N4O2S.HI/c1-23-22(25-16-19-9-11-21(12-10-19)29(2,27)28)24-15-18-5-7-20(8-6-18)17-26-13-3-4-14-26;/h5-12H,3-4,13-17H2,1-2H3,(H2,23,24,25);1H. The molecule has 2 aromatic rings. The van der Waals surface area contributed by atoms with Crippen molar-refractivity contribution in [2.75, 3.05) is 26.4 Å². The van der Waals surface area contributed by atoms with Crippen molar-refractivity contribution in [2.24, 2.45) is 4.99 Å².